The minimum atomic E-state index is -2.42. The number of methoxy groups -OCH3 is 3. The molecule has 3 N–H and O–H groups in total. The molecule has 2 bridgehead atoms. The maximum Gasteiger partial charge on any atom is 0.329 e. The topological polar surface area (TPSA) is 195 Å². The standard InChI is InChI=1S/C50H77NO13/c1-29-15-12-11-13-16-30(2)41(60-8)27-37-20-18-35(7)50(59,64-37)47(56)48(57)51-22-14-17-38(51)49(58)63-42(32(4)25-36-19-21-39(52)43(26-36)61-9)28-40(53)31(3)24-34(6)45(55)46(62-10)44(54)33(5)23-29/h11-13,15-16,24,29,31-33,35-39,41-43,45-46,52,55,59H,14,17-23,25-28H2,1-10H3/b13-11+,15-12-,30-16+,34-24-/t29-,31-,32-,33-,35-,36+,37+,38+,39-,41+,42+,43-,45-,46+,50-/m1/s1. The average Bonchev–Trinajstić information content (AvgIpc) is 3.76. The molecule has 360 valence electrons. The highest BCUT2D eigenvalue weighted by Gasteiger charge is 2.53. The van der Waals surface area contributed by atoms with Gasteiger partial charge in [0.05, 0.1) is 24.4 Å². The van der Waals surface area contributed by atoms with Crippen molar-refractivity contribution in [2.45, 2.75) is 174 Å². The third-order valence-corrected chi connectivity index (χ3v) is 14.2. The van der Waals surface area contributed by atoms with Gasteiger partial charge in [-0.25, -0.2) is 4.79 Å². The summed E-state index contributed by atoms with van der Waals surface area (Å²) in [5.74, 6) is -7.97. The zero-order chi connectivity index (χ0) is 47.5. The first-order chi connectivity index (χ1) is 30.2. The van der Waals surface area contributed by atoms with Crippen LogP contribution >= 0.6 is 0 Å². The van der Waals surface area contributed by atoms with E-state index in [0.29, 0.717) is 56.9 Å². The maximum absolute atomic E-state index is 14.2. The molecule has 0 aromatic rings. The van der Waals surface area contributed by atoms with E-state index in [-0.39, 0.29) is 54.8 Å². The Hall–Kier alpha value is -3.37. The van der Waals surface area contributed by atoms with Crippen LogP contribution in [0.3, 0.4) is 0 Å². The fourth-order valence-electron chi connectivity index (χ4n) is 9.95. The molecule has 0 aromatic carbocycles. The number of ether oxygens (including phenoxy) is 5. The van der Waals surface area contributed by atoms with Crippen LogP contribution in [0.4, 0.5) is 0 Å². The number of carbonyl (C=O) groups excluding carboxylic acids is 5. The Morgan fingerprint density at radius 3 is 2.25 bits per heavy atom. The lowest BCUT2D eigenvalue weighted by atomic mass is 9.78. The van der Waals surface area contributed by atoms with Gasteiger partial charge in [0.2, 0.25) is 5.79 Å². The predicted molar refractivity (Wildman–Crippen MR) is 241 cm³/mol. The molecule has 1 amide bonds. The molecule has 0 spiro atoms. The number of aliphatic hydroxyl groups excluding tert-OH is 2. The van der Waals surface area contributed by atoms with Crippen LogP contribution < -0.4 is 0 Å². The second-order valence-electron chi connectivity index (χ2n) is 19.2. The first-order valence-electron chi connectivity index (χ1n) is 23.4. The van der Waals surface area contributed by atoms with Crippen LogP contribution in [-0.2, 0) is 47.7 Å². The molecule has 2 saturated heterocycles. The number of amides is 1. The minimum Gasteiger partial charge on any atom is -0.460 e. The summed E-state index contributed by atoms with van der Waals surface area (Å²) < 4.78 is 29.2. The number of allylic oxidation sites excluding steroid dienone is 6. The molecular formula is C50H77NO13. The molecule has 3 aliphatic heterocycles. The van der Waals surface area contributed by atoms with Gasteiger partial charge in [0, 0.05) is 58.5 Å². The first kappa shape index (κ1) is 53.2. The number of hydrogen-bond acceptors (Lipinski definition) is 13. The van der Waals surface area contributed by atoms with Crippen LogP contribution in [0.1, 0.15) is 119 Å². The van der Waals surface area contributed by atoms with Crippen molar-refractivity contribution in [1.82, 2.24) is 4.90 Å². The molecule has 0 unspecified atom stereocenters. The quantitative estimate of drug-likeness (QED) is 0.165. The third-order valence-electron chi connectivity index (χ3n) is 14.2. The van der Waals surface area contributed by atoms with Gasteiger partial charge in [-0.15, -0.1) is 0 Å². The van der Waals surface area contributed by atoms with Crippen molar-refractivity contribution < 1.29 is 63.0 Å². The Kier molecular flexibility index (Phi) is 20.3. The van der Waals surface area contributed by atoms with E-state index in [1.54, 1.807) is 41.1 Å². The fourth-order valence-corrected chi connectivity index (χ4v) is 9.95. The van der Waals surface area contributed by atoms with Gasteiger partial charge in [0.15, 0.2) is 5.78 Å². The number of rotatable bonds is 6. The summed E-state index contributed by atoms with van der Waals surface area (Å²) in [4.78, 5) is 71.2. The maximum atomic E-state index is 14.2. The van der Waals surface area contributed by atoms with Crippen molar-refractivity contribution in [2.24, 2.45) is 35.5 Å². The van der Waals surface area contributed by atoms with E-state index in [2.05, 4.69) is 0 Å². The molecule has 64 heavy (non-hydrogen) atoms. The van der Waals surface area contributed by atoms with Crippen molar-refractivity contribution in [2.75, 3.05) is 27.9 Å². The largest absolute Gasteiger partial charge is 0.460 e. The molecule has 4 aliphatic rings. The van der Waals surface area contributed by atoms with Gasteiger partial charge < -0.3 is 43.9 Å². The second kappa shape index (κ2) is 24.4. The Morgan fingerprint density at radius 1 is 0.859 bits per heavy atom. The normalized spacial score (nSPS) is 40.7. The summed E-state index contributed by atoms with van der Waals surface area (Å²) in [6.45, 7) is 12.7. The molecule has 3 heterocycles. The highest BCUT2D eigenvalue weighted by atomic mass is 16.6. The van der Waals surface area contributed by atoms with Crippen LogP contribution in [-0.4, -0.2) is 132 Å². The highest BCUT2D eigenvalue weighted by Crippen LogP contribution is 2.38. The lowest BCUT2D eigenvalue weighted by Gasteiger charge is -2.41. The lowest BCUT2D eigenvalue weighted by molar-refractivity contribution is -0.265. The van der Waals surface area contributed by atoms with Gasteiger partial charge >= 0.3 is 5.97 Å². The molecule has 15 atom stereocenters. The van der Waals surface area contributed by atoms with E-state index in [0.717, 1.165) is 16.9 Å². The molecule has 0 aromatic heterocycles. The van der Waals surface area contributed by atoms with E-state index >= 15 is 0 Å². The predicted octanol–water partition coefficient (Wildman–Crippen LogP) is 5.79. The lowest BCUT2D eigenvalue weighted by Crippen LogP contribution is -2.59. The number of aliphatic hydroxyl groups is 3. The summed E-state index contributed by atoms with van der Waals surface area (Å²) in [7, 11) is 4.51. The zero-order valence-corrected chi connectivity index (χ0v) is 39.9. The highest BCUT2D eigenvalue weighted by molar-refractivity contribution is 6.39. The summed E-state index contributed by atoms with van der Waals surface area (Å²) >= 11 is 0. The smallest absolute Gasteiger partial charge is 0.329 e. The van der Waals surface area contributed by atoms with Crippen LogP contribution in [0.25, 0.3) is 0 Å². The molecule has 14 nitrogen and oxygen atoms in total. The van der Waals surface area contributed by atoms with Gasteiger partial charge in [-0.05, 0) is 101 Å². The summed E-state index contributed by atoms with van der Waals surface area (Å²) in [5, 5.41) is 33.7. The van der Waals surface area contributed by atoms with Crippen molar-refractivity contribution in [3.05, 3.63) is 47.6 Å². The molecule has 0 radical (unpaired) electrons. The zero-order valence-electron chi connectivity index (χ0n) is 39.9. The van der Waals surface area contributed by atoms with E-state index in [4.69, 9.17) is 23.7 Å². The Labute approximate surface area is 380 Å². The third kappa shape index (κ3) is 13.6. The molecule has 4 rings (SSSR count). The SMILES string of the molecule is CO[C@H]1C[C@@H]2CC[C@@H](C)[C@@](O)(O2)C(=O)C(=O)N2CCC[C@H]2C(=O)O[C@H]([C@H](C)C[C@@H]2CC[C@@H](O)[C@H](OC)C2)CC(=O)[C@H](C)/C=C(/C)[C@@H](O)[C@@H](OC)C(=O)[C@H](C)C[C@H](C)\C=C/C=C/C=C/1C. The number of esters is 1. The second-order valence-corrected chi connectivity index (χ2v) is 19.2. The monoisotopic (exact) mass is 900 g/mol. The molecular weight excluding hydrogens is 823 g/mol. The first-order valence-corrected chi connectivity index (χ1v) is 23.4. The fraction of sp³-hybridized carbons (Fsp3) is 0.740. The molecule has 1 saturated carbocycles. The van der Waals surface area contributed by atoms with E-state index in [1.807, 2.05) is 58.1 Å². The van der Waals surface area contributed by atoms with Crippen molar-refractivity contribution in [3.8, 4) is 0 Å². The van der Waals surface area contributed by atoms with Crippen LogP contribution in [0.2, 0.25) is 0 Å². The van der Waals surface area contributed by atoms with Gasteiger partial charge in [0.25, 0.3) is 11.7 Å². The number of Topliss-reactive ketones (excluding diaryl/α,β-unsaturated/α-hetero) is 3. The van der Waals surface area contributed by atoms with Gasteiger partial charge in [-0.1, -0.05) is 71.1 Å². The van der Waals surface area contributed by atoms with Crippen molar-refractivity contribution in [3.63, 3.8) is 0 Å². The van der Waals surface area contributed by atoms with Gasteiger partial charge in [-0.3, -0.25) is 19.2 Å². The summed E-state index contributed by atoms with van der Waals surface area (Å²) in [6.07, 6.45) is 10.5. The van der Waals surface area contributed by atoms with Crippen molar-refractivity contribution in [1.29, 1.82) is 0 Å². The average molecular weight is 900 g/mol. The molecule has 3 fully saturated rings. The van der Waals surface area contributed by atoms with Crippen LogP contribution in [0, 0.1) is 35.5 Å². The molecule has 1 aliphatic carbocycles. The number of fused-ring (bicyclic) bond motifs is 3. The van der Waals surface area contributed by atoms with Crippen LogP contribution in [0.15, 0.2) is 47.6 Å². The number of hydrogen-bond donors (Lipinski definition) is 3. The van der Waals surface area contributed by atoms with Crippen LogP contribution in [0.5, 0.6) is 0 Å². The minimum absolute atomic E-state index is 0.0199. The van der Waals surface area contributed by atoms with Crippen molar-refractivity contribution >= 4 is 29.2 Å². The Morgan fingerprint density at radius 2 is 1.58 bits per heavy atom. The Balaban J connectivity index is 1.68. The molecule has 14 heteroatoms. The number of carbonyl (C=O) groups is 5. The van der Waals surface area contributed by atoms with E-state index in [9.17, 15) is 39.3 Å². The number of cyclic esters (lactones) is 1. The summed E-state index contributed by atoms with van der Waals surface area (Å²) in [6, 6.07) is -1.13. The number of nitrogens with zero attached hydrogens (tertiary/aromatic N) is 1. The summed E-state index contributed by atoms with van der Waals surface area (Å²) in [5.41, 5.74) is 1.26. The number of ketones is 3. The van der Waals surface area contributed by atoms with Gasteiger partial charge in [0.1, 0.15) is 30.1 Å². The van der Waals surface area contributed by atoms with E-state index < -0.39 is 83.9 Å². The Bertz CT molecular complexity index is 1740. The van der Waals surface area contributed by atoms with E-state index in [1.165, 1.54) is 7.11 Å². The van der Waals surface area contributed by atoms with Gasteiger partial charge in [-0.2, -0.15) is 0 Å².